The zero-order valence-electron chi connectivity index (χ0n) is 12.7. The van der Waals surface area contributed by atoms with E-state index in [4.69, 9.17) is 16.3 Å². The summed E-state index contributed by atoms with van der Waals surface area (Å²) in [6.45, 7) is 7.11. The van der Waals surface area contributed by atoms with Gasteiger partial charge in [-0.3, -0.25) is 0 Å². The standard InChI is InChI=1S/C16H23ClFNO2/c1-4-21-14-8-16(10-20,15(14,2)3)19-9-11-5-6-12(17)7-13(11)18/h5-7,14,19-20H,4,8-10H2,1-3H3/t14-,16+/m1/s1. The third-order valence-corrected chi connectivity index (χ3v) is 5.08. The van der Waals surface area contributed by atoms with Gasteiger partial charge in [-0.15, -0.1) is 0 Å². The molecule has 0 spiro atoms. The maximum atomic E-state index is 13.8. The minimum absolute atomic E-state index is 0.00121. The van der Waals surface area contributed by atoms with Gasteiger partial charge >= 0.3 is 0 Å². The Morgan fingerprint density at radius 2 is 2.19 bits per heavy atom. The number of hydrogen-bond acceptors (Lipinski definition) is 3. The van der Waals surface area contributed by atoms with E-state index in [1.807, 2.05) is 6.92 Å². The van der Waals surface area contributed by atoms with Crippen molar-refractivity contribution in [3.8, 4) is 0 Å². The molecular weight excluding hydrogens is 293 g/mol. The molecule has 0 aliphatic heterocycles. The van der Waals surface area contributed by atoms with E-state index in [1.54, 1.807) is 12.1 Å². The lowest BCUT2D eigenvalue weighted by atomic mass is 9.54. The Morgan fingerprint density at radius 3 is 2.71 bits per heavy atom. The molecule has 0 bridgehead atoms. The average Bonchev–Trinajstić information content (AvgIpc) is 2.43. The van der Waals surface area contributed by atoms with Gasteiger partial charge in [0.05, 0.1) is 18.2 Å². The Kier molecular flexibility index (Phi) is 4.93. The second-order valence-electron chi connectivity index (χ2n) is 6.20. The largest absolute Gasteiger partial charge is 0.394 e. The molecule has 1 aliphatic rings. The predicted molar refractivity (Wildman–Crippen MR) is 81.9 cm³/mol. The molecule has 2 rings (SSSR count). The Hall–Kier alpha value is -0.680. The third-order valence-electron chi connectivity index (χ3n) is 4.84. The van der Waals surface area contributed by atoms with Crippen LogP contribution in [-0.2, 0) is 11.3 Å². The lowest BCUT2D eigenvalue weighted by Gasteiger charge is -2.60. The van der Waals surface area contributed by atoms with Gasteiger partial charge < -0.3 is 15.2 Å². The zero-order chi connectivity index (χ0) is 15.7. The van der Waals surface area contributed by atoms with Crippen LogP contribution >= 0.6 is 11.6 Å². The van der Waals surface area contributed by atoms with E-state index in [-0.39, 0.29) is 23.9 Å². The number of benzene rings is 1. The van der Waals surface area contributed by atoms with Gasteiger partial charge in [0.15, 0.2) is 0 Å². The molecule has 1 aliphatic carbocycles. The molecule has 0 amide bonds. The topological polar surface area (TPSA) is 41.5 Å². The summed E-state index contributed by atoms with van der Waals surface area (Å²) in [5, 5.41) is 13.5. The monoisotopic (exact) mass is 315 g/mol. The van der Waals surface area contributed by atoms with Crippen LogP contribution in [0, 0.1) is 11.2 Å². The molecule has 0 unspecified atom stereocenters. The van der Waals surface area contributed by atoms with Crippen molar-refractivity contribution in [2.24, 2.45) is 5.41 Å². The first-order valence-corrected chi connectivity index (χ1v) is 7.65. The van der Waals surface area contributed by atoms with E-state index in [2.05, 4.69) is 19.2 Å². The molecule has 1 fully saturated rings. The summed E-state index contributed by atoms with van der Waals surface area (Å²) in [7, 11) is 0. The normalized spacial score (nSPS) is 27.4. The van der Waals surface area contributed by atoms with Crippen molar-refractivity contribution in [3.63, 3.8) is 0 Å². The lowest BCUT2D eigenvalue weighted by molar-refractivity contribution is -0.177. The Morgan fingerprint density at radius 1 is 1.48 bits per heavy atom. The maximum Gasteiger partial charge on any atom is 0.129 e. The molecule has 0 heterocycles. The van der Waals surface area contributed by atoms with Crippen LogP contribution in [0.25, 0.3) is 0 Å². The van der Waals surface area contributed by atoms with E-state index in [9.17, 15) is 9.50 Å². The molecule has 1 aromatic rings. The smallest absolute Gasteiger partial charge is 0.129 e. The molecule has 1 saturated carbocycles. The fraction of sp³-hybridized carbons (Fsp3) is 0.625. The van der Waals surface area contributed by atoms with E-state index in [1.165, 1.54) is 6.07 Å². The highest BCUT2D eigenvalue weighted by molar-refractivity contribution is 6.30. The van der Waals surface area contributed by atoms with Gasteiger partial charge in [0.25, 0.3) is 0 Å². The summed E-state index contributed by atoms with van der Waals surface area (Å²) < 4.78 is 19.5. The number of aliphatic hydroxyl groups excluding tert-OH is 1. The van der Waals surface area contributed by atoms with Crippen LogP contribution in [0.5, 0.6) is 0 Å². The number of halogens is 2. The fourth-order valence-corrected chi connectivity index (χ4v) is 3.19. The zero-order valence-corrected chi connectivity index (χ0v) is 13.5. The molecule has 3 nitrogen and oxygen atoms in total. The quantitative estimate of drug-likeness (QED) is 0.847. The highest BCUT2D eigenvalue weighted by Crippen LogP contribution is 2.51. The van der Waals surface area contributed by atoms with Gasteiger partial charge in [0.1, 0.15) is 5.82 Å². The van der Waals surface area contributed by atoms with E-state index in [0.717, 1.165) is 6.42 Å². The number of hydrogen-bond donors (Lipinski definition) is 2. The average molecular weight is 316 g/mol. The summed E-state index contributed by atoms with van der Waals surface area (Å²) in [5.41, 5.74) is -0.109. The summed E-state index contributed by atoms with van der Waals surface area (Å²) in [4.78, 5) is 0. The van der Waals surface area contributed by atoms with Crippen molar-refractivity contribution in [1.82, 2.24) is 5.32 Å². The number of nitrogens with one attached hydrogen (secondary N) is 1. The van der Waals surface area contributed by atoms with Gasteiger partial charge in [-0.2, -0.15) is 0 Å². The number of ether oxygens (including phenoxy) is 1. The molecule has 0 radical (unpaired) electrons. The van der Waals surface area contributed by atoms with Crippen molar-refractivity contribution in [3.05, 3.63) is 34.6 Å². The van der Waals surface area contributed by atoms with Crippen molar-refractivity contribution in [2.75, 3.05) is 13.2 Å². The second-order valence-corrected chi connectivity index (χ2v) is 6.64. The molecule has 0 saturated heterocycles. The van der Waals surface area contributed by atoms with Gasteiger partial charge in [0.2, 0.25) is 0 Å². The molecule has 0 aromatic heterocycles. The van der Waals surface area contributed by atoms with Crippen LogP contribution in [0.3, 0.4) is 0 Å². The van der Waals surface area contributed by atoms with E-state index >= 15 is 0 Å². The highest BCUT2D eigenvalue weighted by Gasteiger charge is 2.60. The van der Waals surface area contributed by atoms with Crippen LogP contribution in [-0.4, -0.2) is 30.0 Å². The molecule has 2 N–H and O–H groups in total. The van der Waals surface area contributed by atoms with Crippen LogP contribution in [0.2, 0.25) is 5.02 Å². The summed E-state index contributed by atoms with van der Waals surface area (Å²) in [6.07, 6.45) is 0.830. The first-order valence-electron chi connectivity index (χ1n) is 7.27. The predicted octanol–water partition coefficient (Wildman–Crippen LogP) is 3.13. The first-order chi connectivity index (χ1) is 9.86. The van der Waals surface area contributed by atoms with Crippen molar-refractivity contribution < 1.29 is 14.2 Å². The lowest BCUT2D eigenvalue weighted by Crippen LogP contribution is -2.73. The third kappa shape index (κ3) is 2.95. The fourth-order valence-electron chi connectivity index (χ4n) is 3.03. The van der Waals surface area contributed by atoms with E-state index in [0.29, 0.717) is 23.7 Å². The Balaban J connectivity index is 2.07. The van der Waals surface area contributed by atoms with Crippen LogP contribution in [0.4, 0.5) is 4.39 Å². The van der Waals surface area contributed by atoms with Gasteiger partial charge in [-0.25, -0.2) is 4.39 Å². The SMILES string of the molecule is CCO[C@@H]1C[C@@](CO)(NCc2ccc(Cl)cc2F)C1(C)C. The Bertz CT molecular complexity index is 509. The van der Waals surface area contributed by atoms with Crippen LogP contribution in [0.15, 0.2) is 18.2 Å². The van der Waals surface area contributed by atoms with E-state index < -0.39 is 5.54 Å². The van der Waals surface area contributed by atoms with Gasteiger partial charge in [-0.05, 0) is 25.5 Å². The number of rotatable bonds is 6. The molecular formula is C16H23ClFNO2. The molecule has 1 aromatic carbocycles. The van der Waals surface area contributed by atoms with Crippen LogP contribution in [0.1, 0.15) is 32.8 Å². The van der Waals surface area contributed by atoms with Gasteiger partial charge in [-0.1, -0.05) is 31.5 Å². The molecule has 21 heavy (non-hydrogen) atoms. The maximum absolute atomic E-state index is 13.8. The molecule has 5 heteroatoms. The van der Waals surface area contributed by atoms with Crippen molar-refractivity contribution in [2.45, 2.75) is 45.4 Å². The number of aliphatic hydroxyl groups is 1. The van der Waals surface area contributed by atoms with Gasteiger partial charge in [0, 0.05) is 29.2 Å². The minimum Gasteiger partial charge on any atom is -0.394 e. The Labute approximate surface area is 130 Å². The van der Waals surface area contributed by atoms with Crippen LogP contribution < -0.4 is 5.32 Å². The first kappa shape index (κ1) is 16.7. The summed E-state index contributed by atoms with van der Waals surface area (Å²) in [5.74, 6) is -0.332. The summed E-state index contributed by atoms with van der Waals surface area (Å²) >= 11 is 5.75. The van der Waals surface area contributed by atoms with Crippen molar-refractivity contribution >= 4 is 11.6 Å². The highest BCUT2D eigenvalue weighted by atomic mass is 35.5. The van der Waals surface area contributed by atoms with Crippen molar-refractivity contribution in [1.29, 1.82) is 0 Å². The molecule has 2 atom stereocenters. The second kappa shape index (κ2) is 6.21. The summed E-state index contributed by atoms with van der Waals surface area (Å²) in [6, 6.07) is 4.64. The minimum atomic E-state index is -0.446. The molecule has 118 valence electrons.